The number of nitrogens with one attached hydrogen (secondary N) is 1. The van der Waals surface area contributed by atoms with Gasteiger partial charge in [-0.3, -0.25) is 4.98 Å². The van der Waals surface area contributed by atoms with Gasteiger partial charge in [0.15, 0.2) is 5.82 Å². The van der Waals surface area contributed by atoms with Crippen LogP contribution in [0.5, 0.6) is 5.75 Å². The van der Waals surface area contributed by atoms with E-state index in [-0.39, 0.29) is 5.15 Å². The van der Waals surface area contributed by atoms with E-state index in [1.54, 1.807) is 18.2 Å². The van der Waals surface area contributed by atoms with Gasteiger partial charge in [0.05, 0.1) is 25.1 Å². The Labute approximate surface area is 109 Å². The molecule has 6 heteroatoms. The first-order chi connectivity index (χ1) is 8.74. The van der Waals surface area contributed by atoms with E-state index in [4.69, 9.17) is 21.6 Å². The zero-order chi connectivity index (χ0) is 13.0. The molecule has 5 nitrogen and oxygen atoms in total. The fraction of sp³-hybridized carbons (Fsp3) is 0.0833. The van der Waals surface area contributed by atoms with Gasteiger partial charge in [0, 0.05) is 0 Å². The molecule has 90 valence electrons. The van der Waals surface area contributed by atoms with Crippen LogP contribution < -0.4 is 10.1 Å². The normalized spacial score (nSPS) is 9.61. The highest BCUT2D eigenvalue weighted by molar-refractivity contribution is 6.29. The topological polar surface area (TPSA) is 70.8 Å². The van der Waals surface area contributed by atoms with E-state index in [9.17, 15) is 0 Å². The van der Waals surface area contributed by atoms with Crippen LogP contribution in [0.15, 0.2) is 30.6 Å². The van der Waals surface area contributed by atoms with E-state index in [2.05, 4.69) is 21.4 Å². The minimum absolute atomic E-state index is 0.272. The third kappa shape index (κ3) is 2.50. The highest BCUT2D eigenvalue weighted by Gasteiger charge is 2.09. The minimum Gasteiger partial charge on any atom is -0.495 e. The number of rotatable bonds is 3. The van der Waals surface area contributed by atoms with Crippen LogP contribution in [0.1, 0.15) is 5.56 Å². The number of nitrogens with zero attached hydrogens (tertiary/aromatic N) is 3. The SMILES string of the molecule is COc1cccc(C#N)c1Nc1cncc(Cl)n1. The van der Waals surface area contributed by atoms with E-state index >= 15 is 0 Å². The zero-order valence-electron chi connectivity index (χ0n) is 9.51. The molecular formula is C12H9ClN4O. The molecule has 0 saturated heterocycles. The molecule has 18 heavy (non-hydrogen) atoms. The van der Waals surface area contributed by atoms with Gasteiger partial charge in [0.2, 0.25) is 0 Å². The number of ether oxygens (including phenoxy) is 1. The van der Waals surface area contributed by atoms with E-state index in [0.717, 1.165) is 0 Å². The van der Waals surface area contributed by atoms with Crippen LogP contribution in [0, 0.1) is 11.3 Å². The second-order valence-corrected chi connectivity index (χ2v) is 3.73. The van der Waals surface area contributed by atoms with Gasteiger partial charge in [0.1, 0.15) is 22.7 Å². The summed E-state index contributed by atoms with van der Waals surface area (Å²) in [5, 5.41) is 12.3. The van der Waals surface area contributed by atoms with Crippen LogP contribution in [0.25, 0.3) is 0 Å². The quantitative estimate of drug-likeness (QED) is 0.919. The summed E-state index contributed by atoms with van der Waals surface area (Å²) in [6.07, 6.45) is 2.94. The van der Waals surface area contributed by atoms with Gasteiger partial charge in [-0.15, -0.1) is 0 Å². The third-order valence-electron chi connectivity index (χ3n) is 2.22. The molecule has 0 amide bonds. The molecule has 0 aliphatic carbocycles. The molecule has 2 rings (SSSR count). The van der Waals surface area contributed by atoms with Gasteiger partial charge in [-0.05, 0) is 12.1 Å². The second kappa shape index (κ2) is 5.34. The van der Waals surface area contributed by atoms with Crippen molar-refractivity contribution >= 4 is 23.1 Å². The highest BCUT2D eigenvalue weighted by Crippen LogP contribution is 2.30. The van der Waals surface area contributed by atoms with Crippen molar-refractivity contribution in [2.75, 3.05) is 12.4 Å². The minimum atomic E-state index is 0.272. The Morgan fingerprint density at radius 3 is 2.89 bits per heavy atom. The summed E-state index contributed by atoms with van der Waals surface area (Å²) in [4.78, 5) is 7.96. The summed E-state index contributed by atoms with van der Waals surface area (Å²) in [6.45, 7) is 0. The van der Waals surface area contributed by atoms with Crippen molar-refractivity contribution in [1.29, 1.82) is 5.26 Å². The summed E-state index contributed by atoms with van der Waals surface area (Å²) in [6, 6.07) is 7.26. The maximum atomic E-state index is 9.06. The largest absolute Gasteiger partial charge is 0.495 e. The van der Waals surface area contributed by atoms with Crippen molar-refractivity contribution in [2.24, 2.45) is 0 Å². The van der Waals surface area contributed by atoms with Crippen molar-refractivity contribution in [3.05, 3.63) is 41.3 Å². The summed E-state index contributed by atoms with van der Waals surface area (Å²) < 4.78 is 5.20. The lowest BCUT2D eigenvalue weighted by molar-refractivity contribution is 0.416. The predicted octanol–water partition coefficient (Wildman–Crippen LogP) is 2.75. The van der Waals surface area contributed by atoms with Crippen LogP contribution >= 0.6 is 11.6 Å². The van der Waals surface area contributed by atoms with Crippen molar-refractivity contribution in [3.8, 4) is 11.8 Å². The molecule has 0 spiro atoms. The number of nitriles is 1. The van der Waals surface area contributed by atoms with Gasteiger partial charge < -0.3 is 10.1 Å². The number of hydrogen-bond donors (Lipinski definition) is 1. The van der Waals surface area contributed by atoms with Crippen LogP contribution in [0.4, 0.5) is 11.5 Å². The standard InChI is InChI=1S/C12H9ClN4O/c1-18-9-4-2-3-8(5-14)12(9)17-11-7-15-6-10(13)16-11/h2-4,6-7H,1H3,(H,16,17). The number of aromatic nitrogens is 2. The fourth-order valence-corrected chi connectivity index (χ4v) is 1.60. The predicted molar refractivity (Wildman–Crippen MR) is 68.0 cm³/mol. The lowest BCUT2D eigenvalue weighted by Gasteiger charge is -2.11. The van der Waals surface area contributed by atoms with Crippen LogP contribution in [0.2, 0.25) is 5.15 Å². The number of benzene rings is 1. The van der Waals surface area contributed by atoms with Crippen LogP contribution in [-0.2, 0) is 0 Å². The molecule has 1 aromatic carbocycles. The Morgan fingerprint density at radius 2 is 2.22 bits per heavy atom. The van der Waals surface area contributed by atoms with Crippen molar-refractivity contribution < 1.29 is 4.74 Å². The van der Waals surface area contributed by atoms with Crippen molar-refractivity contribution in [2.45, 2.75) is 0 Å². The van der Waals surface area contributed by atoms with E-state index in [1.165, 1.54) is 19.5 Å². The first-order valence-corrected chi connectivity index (χ1v) is 5.44. The number of methoxy groups -OCH3 is 1. The summed E-state index contributed by atoms with van der Waals surface area (Å²) >= 11 is 5.75. The number of para-hydroxylation sites is 1. The first-order valence-electron chi connectivity index (χ1n) is 5.06. The smallest absolute Gasteiger partial charge is 0.150 e. The van der Waals surface area contributed by atoms with Crippen LogP contribution in [-0.4, -0.2) is 17.1 Å². The average molecular weight is 261 g/mol. The van der Waals surface area contributed by atoms with E-state index in [1.807, 2.05) is 0 Å². The molecule has 0 saturated carbocycles. The maximum absolute atomic E-state index is 9.06. The van der Waals surface area contributed by atoms with Gasteiger partial charge in [-0.1, -0.05) is 17.7 Å². The summed E-state index contributed by atoms with van der Waals surface area (Å²) in [5.74, 6) is 0.999. The Bertz CT molecular complexity index is 609. The number of hydrogen-bond acceptors (Lipinski definition) is 5. The Kier molecular flexibility index (Phi) is 3.60. The molecule has 0 unspecified atom stereocenters. The lowest BCUT2D eigenvalue weighted by Crippen LogP contribution is -1.99. The molecular weight excluding hydrogens is 252 g/mol. The van der Waals surface area contributed by atoms with Crippen LogP contribution in [0.3, 0.4) is 0 Å². The maximum Gasteiger partial charge on any atom is 0.150 e. The van der Waals surface area contributed by atoms with Gasteiger partial charge >= 0.3 is 0 Å². The first kappa shape index (κ1) is 12.1. The molecule has 0 aliphatic heterocycles. The van der Waals surface area contributed by atoms with Crippen molar-refractivity contribution in [1.82, 2.24) is 9.97 Å². The van der Waals surface area contributed by atoms with E-state index < -0.39 is 0 Å². The molecule has 0 bridgehead atoms. The number of halogens is 1. The summed E-state index contributed by atoms with van der Waals surface area (Å²) in [5.41, 5.74) is 0.996. The third-order valence-corrected chi connectivity index (χ3v) is 2.41. The highest BCUT2D eigenvalue weighted by atomic mass is 35.5. The van der Waals surface area contributed by atoms with Gasteiger partial charge in [-0.25, -0.2) is 4.98 Å². The fourth-order valence-electron chi connectivity index (χ4n) is 1.45. The molecule has 0 radical (unpaired) electrons. The molecule has 2 aromatic rings. The molecule has 1 N–H and O–H groups in total. The zero-order valence-corrected chi connectivity index (χ0v) is 10.3. The average Bonchev–Trinajstić information content (AvgIpc) is 2.39. The molecule has 1 aromatic heterocycles. The van der Waals surface area contributed by atoms with Crippen molar-refractivity contribution in [3.63, 3.8) is 0 Å². The molecule has 1 heterocycles. The Hall–Kier alpha value is -2.32. The Balaban J connectivity index is 2.42. The van der Waals surface area contributed by atoms with Gasteiger partial charge in [-0.2, -0.15) is 5.26 Å². The van der Waals surface area contributed by atoms with E-state index in [0.29, 0.717) is 22.8 Å². The molecule has 0 aliphatic rings. The Morgan fingerprint density at radius 1 is 1.39 bits per heavy atom. The lowest BCUT2D eigenvalue weighted by atomic mass is 10.2. The monoisotopic (exact) mass is 260 g/mol. The number of anilines is 2. The second-order valence-electron chi connectivity index (χ2n) is 3.35. The molecule has 0 fully saturated rings. The van der Waals surface area contributed by atoms with Gasteiger partial charge in [0.25, 0.3) is 0 Å². The summed E-state index contributed by atoms with van der Waals surface area (Å²) in [7, 11) is 1.53. The molecule has 0 atom stereocenters.